The lowest BCUT2D eigenvalue weighted by Gasteiger charge is -2.31. The van der Waals surface area contributed by atoms with Gasteiger partial charge in [0.2, 0.25) is 0 Å². The van der Waals surface area contributed by atoms with Crippen LogP contribution in [0.25, 0.3) is 10.9 Å². The number of amides is 1. The van der Waals surface area contributed by atoms with Gasteiger partial charge in [-0.1, -0.05) is 24.3 Å². The van der Waals surface area contributed by atoms with E-state index >= 15 is 0 Å². The molecule has 20 heavy (non-hydrogen) atoms. The number of carbonyl (C=O) groups is 1. The van der Waals surface area contributed by atoms with Crippen LogP contribution >= 0.6 is 0 Å². The zero-order chi connectivity index (χ0) is 13.9. The summed E-state index contributed by atoms with van der Waals surface area (Å²) in [5.41, 5.74) is 1.23. The number of nitrogens with zero attached hydrogens (tertiary/aromatic N) is 3. The van der Waals surface area contributed by atoms with Gasteiger partial charge in [0, 0.05) is 11.9 Å². The van der Waals surface area contributed by atoms with Crippen molar-refractivity contribution in [2.24, 2.45) is 0 Å². The summed E-state index contributed by atoms with van der Waals surface area (Å²) in [5, 5.41) is 10.2. The molecule has 1 atom stereocenters. The number of para-hydroxylation sites is 1. The largest absolute Gasteiger partial charge is 0.321 e. The Morgan fingerprint density at radius 3 is 2.95 bits per heavy atom. The fourth-order valence-corrected chi connectivity index (χ4v) is 2.64. The number of nitriles is 1. The zero-order valence-corrected chi connectivity index (χ0v) is 11.1. The lowest BCUT2D eigenvalue weighted by atomic mass is 10.0. The zero-order valence-electron chi connectivity index (χ0n) is 11.1. The number of aromatic nitrogens is 1. The normalized spacial score (nSPS) is 18.8. The van der Waals surface area contributed by atoms with E-state index in [2.05, 4.69) is 11.1 Å². The molecule has 100 valence electrons. The molecule has 1 aromatic heterocycles. The van der Waals surface area contributed by atoms with Gasteiger partial charge in [0.05, 0.1) is 11.6 Å². The van der Waals surface area contributed by atoms with Crippen molar-refractivity contribution >= 4 is 16.8 Å². The van der Waals surface area contributed by atoms with Gasteiger partial charge in [-0.2, -0.15) is 5.26 Å². The second kappa shape index (κ2) is 5.30. The van der Waals surface area contributed by atoms with Gasteiger partial charge in [-0.3, -0.25) is 4.79 Å². The Bertz CT molecular complexity index is 689. The van der Waals surface area contributed by atoms with E-state index in [0.29, 0.717) is 12.2 Å². The van der Waals surface area contributed by atoms with E-state index in [-0.39, 0.29) is 11.9 Å². The molecular weight excluding hydrogens is 250 g/mol. The first-order valence-electron chi connectivity index (χ1n) is 6.86. The minimum atomic E-state index is -0.315. The maximum Gasteiger partial charge on any atom is 0.273 e. The Morgan fingerprint density at radius 1 is 1.25 bits per heavy atom. The van der Waals surface area contributed by atoms with Crippen molar-refractivity contribution in [3.8, 4) is 6.07 Å². The lowest BCUT2D eigenvalue weighted by Crippen LogP contribution is -2.43. The van der Waals surface area contributed by atoms with Crippen molar-refractivity contribution in [3.63, 3.8) is 0 Å². The van der Waals surface area contributed by atoms with Crippen molar-refractivity contribution in [3.05, 3.63) is 42.1 Å². The molecule has 0 bridgehead atoms. The molecule has 2 heterocycles. The number of rotatable bonds is 1. The van der Waals surface area contributed by atoms with Crippen LogP contribution in [0.3, 0.4) is 0 Å². The summed E-state index contributed by atoms with van der Waals surface area (Å²) in [4.78, 5) is 18.6. The molecule has 0 spiro atoms. The second-order valence-electron chi connectivity index (χ2n) is 5.03. The van der Waals surface area contributed by atoms with Crippen LogP contribution in [0.1, 0.15) is 29.8 Å². The van der Waals surface area contributed by atoms with E-state index in [1.165, 1.54) is 0 Å². The predicted octanol–water partition coefficient (Wildman–Crippen LogP) is 2.75. The number of pyridine rings is 1. The third-order valence-corrected chi connectivity index (χ3v) is 3.73. The molecule has 0 N–H and O–H groups in total. The van der Waals surface area contributed by atoms with Gasteiger partial charge in [0.25, 0.3) is 5.91 Å². The first kappa shape index (κ1) is 12.6. The quantitative estimate of drug-likeness (QED) is 0.796. The molecule has 4 nitrogen and oxygen atoms in total. The number of fused-ring (bicyclic) bond motifs is 1. The molecule has 1 aliphatic heterocycles. The molecular formula is C16H15N3O. The SMILES string of the molecule is N#CC1CCCCN1C(=O)c1ccc2ccccc2n1. The van der Waals surface area contributed by atoms with E-state index in [1.54, 1.807) is 11.0 Å². The molecule has 0 aliphatic carbocycles. The smallest absolute Gasteiger partial charge is 0.273 e. The highest BCUT2D eigenvalue weighted by Crippen LogP contribution is 2.20. The molecule has 1 amide bonds. The van der Waals surface area contributed by atoms with Crippen LogP contribution in [-0.4, -0.2) is 28.4 Å². The highest BCUT2D eigenvalue weighted by molar-refractivity contribution is 5.95. The Balaban J connectivity index is 1.93. The highest BCUT2D eigenvalue weighted by Gasteiger charge is 2.27. The summed E-state index contributed by atoms with van der Waals surface area (Å²) in [5.74, 6) is -0.137. The number of benzene rings is 1. The van der Waals surface area contributed by atoms with Gasteiger partial charge in [-0.05, 0) is 31.4 Å². The van der Waals surface area contributed by atoms with Gasteiger partial charge < -0.3 is 4.90 Å². The number of likely N-dealkylation sites (tertiary alicyclic amines) is 1. The minimum absolute atomic E-state index is 0.137. The van der Waals surface area contributed by atoms with E-state index in [4.69, 9.17) is 5.26 Å². The van der Waals surface area contributed by atoms with Gasteiger partial charge in [0.1, 0.15) is 11.7 Å². The molecule has 1 unspecified atom stereocenters. The van der Waals surface area contributed by atoms with Crippen LogP contribution in [0.2, 0.25) is 0 Å². The van der Waals surface area contributed by atoms with Gasteiger partial charge >= 0.3 is 0 Å². The average Bonchev–Trinajstić information content (AvgIpc) is 2.53. The van der Waals surface area contributed by atoms with Crippen LogP contribution in [0.4, 0.5) is 0 Å². The van der Waals surface area contributed by atoms with Gasteiger partial charge in [0.15, 0.2) is 0 Å². The molecule has 3 rings (SSSR count). The Morgan fingerprint density at radius 2 is 2.10 bits per heavy atom. The fourth-order valence-electron chi connectivity index (χ4n) is 2.64. The average molecular weight is 265 g/mol. The van der Waals surface area contributed by atoms with Crippen LogP contribution in [0.15, 0.2) is 36.4 Å². The van der Waals surface area contributed by atoms with Crippen molar-refractivity contribution < 1.29 is 4.79 Å². The van der Waals surface area contributed by atoms with E-state index in [0.717, 1.165) is 30.2 Å². The molecule has 1 saturated heterocycles. The van der Waals surface area contributed by atoms with Gasteiger partial charge in [-0.25, -0.2) is 4.98 Å². The maximum atomic E-state index is 12.5. The van der Waals surface area contributed by atoms with Crippen LogP contribution in [-0.2, 0) is 0 Å². The maximum absolute atomic E-state index is 12.5. The Hall–Kier alpha value is -2.41. The summed E-state index contributed by atoms with van der Waals surface area (Å²) in [6.45, 7) is 0.644. The topological polar surface area (TPSA) is 57.0 Å². The van der Waals surface area contributed by atoms with Gasteiger partial charge in [-0.15, -0.1) is 0 Å². The molecule has 0 saturated carbocycles. The number of hydrogen-bond acceptors (Lipinski definition) is 3. The van der Waals surface area contributed by atoms with Crippen LogP contribution < -0.4 is 0 Å². The Kier molecular flexibility index (Phi) is 3.34. The summed E-state index contributed by atoms with van der Waals surface area (Å²) >= 11 is 0. The minimum Gasteiger partial charge on any atom is -0.321 e. The third-order valence-electron chi connectivity index (χ3n) is 3.73. The standard InChI is InChI=1S/C16H15N3O/c17-11-13-6-3-4-10-19(13)16(20)15-9-8-12-5-1-2-7-14(12)18-15/h1-2,5,7-9,13H,3-4,6,10H2. The molecule has 4 heteroatoms. The monoisotopic (exact) mass is 265 g/mol. The second-order valence-corrected chi connectivity index (χ2v) is 5.03. The summed E-state index contributed by atoms with van der Waals surface area (Å²) in [6.07, 6.45) is 2.72. The van der Waals surface area contributed by atoms with Crippen molar-refractivity contribution in [2.75, 3.05) is 6.54 Å². The summed E-state index contributed by atoms with van der Waals surface area (Å²) < 4.78 is 0. The number of carbonyl (C=O) groups excluding carboxylic acids is 1. The first-order chi connectivity index (χ1) is 9.79. The van der Waals surface area contributed by atoms with Crippen molar-refractivity contribution in [1.82, 2.24) is 9.88 Å². The summed E-state index contributed by atoms with van der Waals surface area (Å²) in [7, 11) is 0. The fraction of sp³-hybridized carbons (Fsp3) is 0.312. The molecule has 2 aromatic rings. The van der Waals surface area contributed by atoms with Crippen molar-refractivity contribution in [2.45, 2.75) is 25.3 Å². The third kappa shape index (κ3) is 2.23. The molecule has 1 fully saturated rings. The van der Waals surface area contributed by atoms with Crippen LogP contribution in [0, 0.1) is 11.3 Å². The van der Waals surface area contributed by atoms with Crippen molar-refractivity contribution in [1.29, 1.82) is 5.26 Å². The highest BCUT2D eigenvalue weighted by atomic mass is 16.2. The number of hydrogen-bond donors (Lipinski definition) is 0. The molecule has 1 aliphatic rings. The van der Waals surface area contributed by atoms with E-state index < -0.39 is 0 Å². The molecule has 1 aromatic carbocycles. The van der Waals surface area contributed by atoms with E-state index in [9.17, 15) is 4.79 Å². The van der Waals surface area contributed by atoms with Crippen LogP contribution in [0.5, 0.6) is 0 Å². The predicted molar refractivity (Wildman–Crippen MR) is 76.0 cm³/mol. The molecule has 0 radical (unpaired) electrons. The lowest BCUT2D eigenvalue weighted by molar-refractivity contribution is 0.0665. The number of piperidine rings is 1. The Labute approximate surface area is 117 Å². The summed E-state index contributed by atoms with van der Waals surface area (Å²) in [6, 6.07) is 13.3. The van der Waals surface area contributed by atoms with E-state index in [1.807, 2.05) is 30.3 Å². The first-order valence-corrected chi connectivity index (χ1v) is 6.86.